The Bertz CT molecular complexity index is 291. The molecule has 0 saturated carbocycles. The van der Waals surface area contributed by atoms with Crippen molar-refractivity contribution >= 4 is 11.9 Å². The molecule has 0 unspecified atom stereocenters. The second-order valence-corrected chi connectivity index (χ2v) is 5.49. The molecular weight excluding hydrogens is 220 g/mol. The van der Waals surface area contributed by atoms with Crippen LogP contribution < -0.4 is 5.73 Å². The van der Waals surface area contributed by atoms with Gasteiger partial charge >= 0.3 is 5.97 Å². The third-order valence-electron chi connectivity index (χ3n) is 2.54. The van der Waals surface area contributed by atoms with Gasteiger partial charge < -0.3 is 15.4 Å². The Balaban J connectivity index is 2.21. The molecule has 0 bridgehead atoms. The van der Waals surface area contributed by atoms with Gasteiger partial charge in [0.25, 0.3) is 0 Å². The standard InChI is InChI=1S/C12H22N2O3/c1-12(2,3)17-11(16)6-9-7-14(8-9)10(15)4-5-13/h9H,4-8,13H2,1-3H3. The van der Waals surface area contributed by atoms with Crippen LogP contribution in [0.3, 0.4) is 0 Å². The molecule has 1 aliphatic rings. The molecule has 0 aromatic rings. The van der Waals surface area contributed by atoms with Crippen molar-refractivity contribution in [3.63, 3.8) is 0 Å². The number of esters is 1. The molecule has 0 aromatic heterocycles. The van der Waals surface area contributed by atoms with Gasteiger partial charge in [-0.2, -0.15) is 0 Å². The van der Waals surface area contributed by atoms with Gasteiger partial charge in [-0.1, -0.05) is 0 Å². The zero-order valence-electron chi connectivity index (χ0n) is 10.9. The van der Waals surface area contributed by atoms with E-state index in [-0.39, 0.29) is 17.8 Å². The van der Waals surface area contributed by atoms with E-state index < -0.39 is 5.60 Å². The minimum absolute atomic E-state index is 0.0768. The number of ether oxygens (including phenoxy) is 1. The van der Waals surface area contributed by atoms with Gasteiger partial charge in [-0.25, -0.2) is 0 Å². The Labute approximate surface area is 102 Å². The molecule has 5 nitrogen and oxygen atoms in total. The molecule has 0 radical (unpaired) electrons. The second kappa shape index (κ2) is 5.49. The Hall–Kier alpha value is -1.10. The number of nitrogens with two attached hydrogens (primary N) is 1. The topological polar surface area (TPSA) is 72.6 Å². The van der Waals surface area contributed by atoms with Crippen LogP contribution in [0.15, 0.2) is 0 Å². The molecule has 1 rings (SSSR count). The van der Waals surface area contributed by atoms with Crippen molar-refractivity contribution in [2.75, 3.05) is 19.6 Å². The van der Waals surface area contributed by atoms with Crippen LogP contribution in [-0.4, -0.2) is 42.0 Å². The molecule has 1 heterocycles. The third-order valence-corrected chi connectivity index (χ3v) is 2.54. The number of likely N-dealkylation sites (tertiary alicyclic amines) is 1. The van der Waals surface area contributed by atoms with E-state index in [1.54, 1.807) is 4.90 Å². The SMILES string of the molecule is CC(C)(C)OC(=O)CC1CN(C(=O)CCN)C1. The Morgan fingerprint density at radius 1 is 1.35 bits per heavy atom. The summed E-state index contributed by atoms with van der Waals surface area (Å²) in [4.78, 5) is 24.7. The lowest BCUT2D eigenvalue weighted by Crippen LogP contribution is -2.51. The van der Waals surface area contributed by atoms with Crippen LogP contribution in [0.4, 0.5) is 0 Å². The second-order valence-electron chi connectivity index (χ2n) is 5.49. The highest BCUT2D eigenvalue weighted by atomic mass is 16.6. The van der Waals surface area contributed by atoms with Crippen molar-refractivity contribution < 1.29 is 14.3 Å². The molecule has 0 aliphatic carbocycles. The first kappa shape index (κ1) is 14.0. The minimum Gasteiger partial charge on any atom is -0.460 e. The Kier molecular flexibility index (Phi) is 4.51. The highest BCUT2D eigenvalue weighted by Gasteiger charge is 2.32. The third kappa shape index (κ3) is 4.73. The quantitative estimate of drug-likeness (QED) is 0.730. The fourth-order valence-electron chi connectivity index (χ4n) is 1.80. The van der Waals surface area contributed by atoms with Gasteiger partial charge in [-0.3, -0.25) is 9.59 Å². The van der Waals surface area contributed by atoms with Crippen LogP contribution in [-0.2, 0) is 14.3 Å². The zero-order valence-corrected chi connectivity index (χ0v) is 10.9. The van der Waals surface area contributed by atoms with E-state index in [0.29, 0.717) is 32.5 Å². The van der Waals surface area contributed by atoms with Crippen molar-refractivity contribution in [2.45, 2.75) is 39.2 Å². The first-order valence-corrected chi connectivity index (χ1v) is 6.01. The lowest BCUT2D eigenvalue weighted by molar-refractivity contribution is -0.159. The molecule has 0 spiro atoms. The van der Waals surface area contributed by atoms with Gasteiger partial charge in [0.05, 0.1) is 6.42 Å². The van der Waals surface area contributed by atoms with Crippen molar-refractivity contribution in [1.82, 2.24) is 4.90 Å². The Morgan fingerprint density at radius 2 is 1.94 bits per heavy atom. The number of rotatable bonds is 4. The predicted molar refractivity (Wildman–Crippen MR) is 64.2 cm³/mol. The number of amides is 1. The zero-order chi connectivity index (χ0) is 13.1. The van der Waals surface area contributed by atoms with Crippen LogP contribution in [0.1, 0.15) is 33.6 Å². The maximum absolute atomic E-state index is 11.5. The number of hydrogen-bond donors (Lipinski definition) is 1. The van der Waals surface area contributed by atoms with E-state index in [4.69, 9.17) is 10.5 Å². The van der Waals surface area contributed by atoms with Gasteiger partial charge in [-0.15, -0.1) is 0 Å². The summed E-state index contributed by atoms with van der Waals surface area (Å²) >= 11 is 0. The largest absolute Gasteiger partial charge is 0.460 e. The highest BCUT2D eigenvalue weighted by molar-refractivity contribution is 5.77. The molecular formula is C12H22N2O3. The predicted octanol–water partition coefficient (Wildman–Crippen LogP) is 0.525. The number of carbonyl (C=O) groups is 2. The van der Waals surface area contributed by atoms with E-state index in [2.05, 4.69) is 0 Å². The van der Waals surface area contributed by atoms with Crippen LogP contribution in [0.5, 0.6) is 0 Å². The van der Waals surface area contributed by atoms with E-state index in [1.807, 2.05) is 20.8 Å². The van der Waals surface area contributed by atoms with Crippen LogP contribution in [0, 0.1) is 5.92 Å². The van der Waals surface area contributed by atoms with Crippen molar-refractivity contribution in [3.8, 4) is 0 Å². The molecule has 0 atom stereocenters. The monoisotopic (exact) mass is 242 g/mol. The summed E-state index contributed by atoms with van der Waals surface area (Å²) < 4.78 is 5.22. The van der Waals surface area contributed by atoms with E-state index in [0.717, 1.165) is 0 Å². The molecule has 0 aromatic carbocycles. The van der Waals surface area contributed by atoms with E-state index >= 15 is 0 Å². The van der Waals surface area contributed by atoms with Gasteiger partial charge in [0.1, 0.15) is 5.60 Å². The van der Waals surface area contributed by atoms with E-state index in [9.17, 15) is 9.59 Å². The Morgan fingerprint density at radius 3 is 2.41 bits per heavy atom. The van der Waals surface area contributed by atoms with Crippen molar-refractivity contribution in [3.05, 3.63) is 0 Å². The minimum atomic E-state index is -0.435. The van der Waals surface area contributed by atoms with Gasteiger partial charge in [0.15, 0.2) is 0 Å². The van der Waals surface area contributed by atoms with Gasteiger partial charge in [0.2, 0.25) is 5.91 Å². The average Bonchev–Trinajstić information content (AvgIpc) is 2.07. The van der Waals surface area contributed by atoms with Crippen LogP contribution in [0.25, 0.3) is 0 Å². The molecule has 1 fully saturated rings. The molecule has 1 aliphatic heterocycles. The first-order chi connectivity index (χ1) is 7.81. The van der Waals surface area contributed by atoms with Crippen molar-refractivity contribution in [1.29, 1.82) is 0 Å². The molecule has 1 saturated heterocycles. The summed E-state index contributed by atoms with van der Waals surface area (Å²) in [6, 6.07) is 0. The smallest absolute Gasteiger partial charge is 0.306 e. The summed E-state index contributed by atoms with van der Waals surface area (Å²) in [5.74, 6) is 0.132. The normalized spacial score (nSPS) is 16.6. The summed E-state index contributed by atoms with van der Waals surface area (Å²) in [5.41, 5.74) is 4.87. The fourth-order valence-corrected chi connectivity index (χ4v) is 1.80. The maximum atomic E-state index is 11.5. The maximum Gasteiger partial charge on any atom is 0.306 e. The summed E-state index contributed by atoms with van der Waals surface area (Å²) in [7, 11) is 0. The van der Waals surface area contributed by atoms with Gasteiger partial charge in [0, 0.05) is 32.0 Å². The lowest BCUT2D eigenvalue weighted by atomic mass is 9.96. The lowest BCUT2D eigenvalue weighted by Gasteiger charge is -2.39. The fraction of sp³-hybridized carbons (Fsp3) is 0.833. The van der Waals surface area contributed by atoms with Crippen molar-refractivity contribution in [2.24, 2.45) is 11.7 Å². The van der Waals surface area contributed by atoms with Crippen LogP contribution >= 0.6 is 0 Å². The summed E-state index contributed by atoms with van der Waals surface area (Å²) in [6.07, 6.45) is 0.781. The van der Waals surface area contributed by atoms with E-state index in [1.165, 1.54) is 0 Å². The molecule has 1 amide bonds. The first-order valence-electron chi connectivity index (χ1n) is 6.01. The number of carbonyl (C=O) groups excluding carboxylic acids is 2. The molecule has 17 heavy (non-hydrogen) atoms. The summed E-state index contributed by atoms with van der Waals surface area (Å²) in [5, 5.41) is 0. The van der Waals surface area contributed by atoms with Crippen LogP contribution in [0.2, 0.25) is 0 Å². The average molecular weight is 242 g/mol. The molecule has 98 valence electrons. The molecule has 2 N–H and O–H groups in total. The summed E-state index contributed by atoms with van der Waals surface area (Å²) in [6.45, 7) is 7.23. The highest BCUT2D eigenvalue weighted by Crippen LogP contribution is 2.21. The molecule has 5 heteroatoms. The number of hydrogen-bond acceptors (Lipinski definition) is 4. The number of nitrogens with zero attached hydrogens (tertiary/aromatic N) is 1. The van der Waals surface area contributed by atoms with Gasteiger partial charge in [-0.05, 0) is 20.8 Å².